The fraction of sp³-hybridized carbons (Fsp3) is 0.273. The minimum absolute atomic E-state index is 0.0641. The monoisotopic (exact) mass is 189 g/mol. The quantitative estimate of drug-likeness (QED) is 0.685. The molecule has 1 rings (SSSR count). The predicted octanol–water partition coefficient (Wildman–Crippen LogP) is 2.18. The molecule has 0 aromatic heterocycles. The zero-order chi connectivity index (χ0) is 10.6. The third kappa shape index (κ3) is 2.33. The van der Waals surface area contributed by atoms with E-state index in [1.165, 1.54) is 6.92 Å². The Morgan fingerprint density at radius 3 is 2.71 bits per heavy atom. The van der Waals surface area contributed by atoms with Crippen LogP contribution in [0.2, 0.25) is 0 Å². The van der Waals surface area contributed by atoms with Gasteiger partial charge in [0.1, 0.15) is 11.8 Å². The number of rotatable bonds is 3. The third-order valence-corrected chi connectivity index (χ3v) is 1.75. The van der Waals surface area contributed by atoms with Gasteiger partial charge in [-0.2, -0.15) is 5.26 Å². The molecule has 14 heavy (non-hydrogen) atoms. The van der Waals surface area contributed by atoms with E-state index in [0.717, 1.165) is 0 Å². The molecule has 0 heterocycles. The molecule has 0 fully saturated rings. The molecule has 0 bridgehead atoms. The summed E-state index contributed by atoms with van der Waals surface area (Å²) in [4.78, 5) is 11.2. The third-order valence-electron chi connectivity index (χ3n) is 1.75. The SMILES string of the molecule is CC(=O)c1ccccc1OC(C)C#N. The molecule has 0 saturated carbocycles. The number of nitriles is 1. The van der Waals surface area contributed by atoms with Crippen molar-refractivity contribution in [1.82, 2.24) is 0 Å². The highest BCUT2D eigenvalue weighted by atomic mass is 16.5. The normalized spacial score (nSPS) is 11.5. The van der Waals surface area contributed by atoms with Crippen molar-refractivity contribution in [2.45, 2.75) is 20.0 Å². The van der Waals surface area contributed by atoms with Crippen molar-refractivity contribution in [2.24, 2.45) is 0 Å². The second-order valence-corrected chi connectivity index (χ2v) is 2.94. The van der Waals surface area contributed by atoms with Crippen LogP contribution in [0.5, 0.6) is 5.75 Å². The molecule has 1 aromatic rings. The lowest BCUT2D eigenvalue weighted by Crippen LogP contribution is -2.10. The Balaban J connectivity index is 2.97. The highest BCUT2D eigenvalue weighted by Crippen LogP contribution is 2.19. The van der Waals surface area contributed by atoms with Crippen molar-refractivity contribution in [2.75, 3.05) is 0 Å². The van der Waals surface area contributed by atoms with Gasteiger partial charge in [0.25, 0.3) is 0 Å². The summed E-state index contributed by atoms with van der Waals surface area (Å²) in [6.07, 6.45) is -0.546. The summed E-state index contributed by atoms with van der Waals surface area (Å²) in [5.74, 6) is 0.403. The summed E-state index contributed by atoms with van der Waals surface area (Å²) in [5.41, 5.74) is 0.509. The Hall–Kier alpha value is -1.82. The van der Waals surface area contributed by atoms with Crippen LogP contribution in [0.4, 0.5) is 0 Å². The Morgan fingerprint density at radius 2 is 2.14 bits per heavy atom. The smallest absolute Gasteiger partial charge is 0.181 e. The molecule has 3 heteroatoms. The summed E-state index contributed by atoms with van der Waals surface area (Å²) in [6.45, 7) is 3.11. The van der Waals surface area contributed by atoms with Gasteiger partial charge in [-0.25, -0.2) is 0 Å². The predicted molar refractivity (Wildman–Crippen MR) is 52.1 cm³/mol. The van der Waals surface area contributed by atoms with Gasteiger partial charge in [-0.1, -0.05) is 12.1 Å². The Bertz CT molecular complexity index is 379. The highest BCUT2D eigenvalue weighted by Gasteiger charge is 2.09. The Labute approximate surface area is 82.9 Å². The maximum atomic E-state index is 11.2. The molecule has 72 valence electrons. The van der Waals surface area contributed by atoms with Gasteiger partial charge in [-0.15, -0.1) is 0 Å². The van der Waals surface area contributed by atoms with E-state index in [9.17, 15) is 4.79 Å². The highest BCUT2D eigenvalue weighted by molar-refractivity contribution is 5.96. The molecule has 1 unspecified atom stereocenters. The molecule has 1 aromatic carbocycles. The van der Waals surface area contributed by atoms with Crippen LogP contribution in [0.25, 0.3) is 0 Å². The van der Waals surface area contributed by atoms with Gasteiger partial charge in [0.15, 0.2) is 11.9 Å². The van der Waals surface area contributed by atoms with E-state index in [4.69, 9.17) is 10.00 Å². The number of ether oxygens (including phenoxy) is 1. The van der Waals surface area contributed by atoms with E-state index in [2.05, 4.69) is 0 Å². The molecule has 1 atom stereocenters. The number of Topliss-reactive ketones (excluding diaryl/α,β-unsaturated/α-hetero) is 1. The fourth-order valence-corrected chi connectivity index (χ4v) is 1.08. The van der Waals surface area contributed by atoms with E-state index in [1.807, 2.05) is 6.07 Å². The van der Waals surface area contributed by atoms with Gasteiger partial charge < -0.3 is 4.74 Å². The van der Waals surface area contributed by atoms with Crippen LogP contribution in [0.1, 0.15) is 24.2 Å². The number of hydrogen-bond donors (Lipinski definition) is 0. The molecule has 0 radical (unpaired) electrons. The first-order chi connectivity index (χ1) is 6.65. The Kier molecular flexibility index (Phi) is 3.24. The fourth-order valence-electron chi connectivity index (χ4n) is 1.08. The van der Waals surface area contributed by atoms with Crippen LogP contribution in [-0.2, 0) is 0 Å². The van der Waals surface area contributed by atoms with Gasteiger partial charge in [0, 0.05) is 0 Å². The molecule has 0 saturated heterocycles. The summed E-state index contributed by atoms with van der Waals surface area (Å²) in [7, 11) is 0. The van der Waals surface area contributed by atoms with Gasteiger partial charge in [0.2, 0.25) is 0 Å². The van der Waals surface area contributed by atoms with Crippen molar-refractivity contribution in [3.05, 3.63) is 29.8 Å². The summed E-state index contributed by atoms with van der Waals surface area (Å²) < 4.78 is 5.27. The zero-order valence-corrected chi connectivity index (χ0v) is 8.15. The van der Waals surface area contributed by atoms with E-state index in [1.54, 1.807) is 31.2 Å². The van der Waals surface area contributed by atoms with Crippen molar-refractivity contribution < 1.29 is 9.53 Å². The molecule has 0 aliphatic carbocycles. The van der Waals surface area contributed by atoms with Crippen LogP contribution < -0.4 is 4.74 Å². The number of para-hydroxylation sites is 1. The van der Waals surface area contributed by atoms with Crippen LogP contribution in [0.15, 0.2) is 24.3 Å². The van der Waals surface area contributed by atoms with Gasteiger partial charge in [-0.3, -0.25) is 4.79 Å². The molecule has 0 aliphatic rings. The lowest BCUT2D eigenvalue weighted by molar-refractivity contribution is 0.101. The van der Waals surface area contributed by atoms with Crippen molar-refractivity contribution >= 4 is 5.78 Å². The number of benzene rings is 1. The number of hydrogen-bond acceptors (Lipinski definition) is 3. The number of carbonyl (C=O) groups excluding carboxylic acids is 1. The lowest BCUT2D eigenvalue weighted by Gasteiger charge is -2.10. The van der Waals surface area contributed by atoms with E-state index in [0.29, 0.717) is 11.3 Å². The van der Waals surface area contributed by atoms with Crippen LogP contribution in [0.3, 0.4) is 0 Å². The van der Waals surface area contributed by atoms with Crippen molar-refractivity contribution in [3.63, 3.8) is 0 Å². The molecule has 0 spiro atoms. The molecule has 3 nitrogen and oxygen atoms in total. The first kappa shape index (κ1) is 10.3. The topological polar surface area (TPSA) is 50.1 Å². The summed E-state index contributed by atoms with van der Waals surface area (Å²) in [5, 5.41) is 8.57. The maximum Gasteiger partial charge on any atom is 0.181 e. The maximum absolute atomic E-state index is 11.2. The molecular weight excluding hydrogens is 178 g/mol. The Morgan fingerprint density at radius 1 is 1.50 bits per heavy atom. The van der Waals surface area contributed by atoms with Gasteiger partial charge in [0.05, 0.1) is 5.56 Å². The lowest BCUT2D eigenvalue weighted by atomic mass is 10.1. The van der Waals surface area contributed by atoms with Crippen LogP contribution >= 0.6 is 0 Å². The van der Waals surface area contributed by atoms with Crippen molar-refractivity contribution in [3.8, 4) is 11.8 Å². The second kappa shape index (κ2) is 4.43. The van der Waals surface area contributed by atoms with Gasteiger partial charge >= 0.3 is 0 Å². The van der Waals surface area contributed by atoms with Crippen molar-refractivity contribution in [1.29, 1.82) is 5.26 Å². The first-order valence-electron chi connectivity index (χ1n) is 4.31. The zero-order valence-electron chi connectivity index (χ0n) is 8.15. The average molecular weight is 189 g/mol. The number of ketones is 1. The van der Waals surface area contributed by atoms with E-state index >= 15 is 0 Å². The van der Waals surface area contributed by atoms with E-state index in [-0.39, 0.29) is 5.78 Å². The minimum Gasteiger partial charge on any atom is -0.475 e. The van der Waals surface area contributed by atoms with Crippen LogP contribution in [-0.4, -0.2) is 11.9 Å². The molecule has 0 aliphatic heterocycles. The van der Waals surface area contributed by atoms with Gasteiger partial charge in [-0.05, 0) is 26.0 Å². The number of carbonyl (C=O) groups is 1. The molecule has 0 N–H and O–H groups in total. The minimum atomic E-state index is -0.546. The summed E-state index contributed by atoms with van der Waals surface area (Å²) >= 11 is 0. The standard InChI is InChI=1S/C11H11NO2/c1-8(7-12)14-11-6-4-3-5-10(11)9(2)13/h3-6,8H,1-2H3. The van der Waals surface area contributed by atoms with Crippen LogP contribution in [0, 0.1) is 11.3 Å². The van der Waals surface area contributed by atoms with E-state index < -0.39 is 6.10 Å². The molecule has 0 amide bonds. The summed E-state index contributed by atoms with van der Waals surface area (Å²) in [6, 6.07) is 8.85. The average Bonchev–Trinajstić information content (AvgIpc) is 2.18. The first-order valence-corrected chi connectivity index (χ1v) is 4.31. The molecular formula is C11H11NO2. The number of nitrogens with zero attached hydrogens (tertiary/aromatic N) is 1. The second-order valence-electron chi connectivity index (χ2n) is 2.94. The largest absolute Gasteiger partial charge is 0.475 e.